The van der Waals surface area contributed by atoms with Gasteiger partial charge < -0.3 is 10.6 Å². The predicted octanol–water partition coefficient (Wildman–Crippen LogP) is 3.49. The largest absolute Gasteiger partial charge is 0.405 e. The molecule has 6 heteroatoms. The van der Waals surface area contributed by atoms with E-state index in [1.165, 1.54) is 12.1 Å². The van der Waals surface area contributed by atoms with Crippen LogP contribution in [0.4, 0.5) is 23.2 Å². The monoisotopic (exact) mass is 292 g/mol. The molecule has 1 rings (SSSR count). The molecule has 2 N–H and O–H groups in total. The van der Waals surface area contributed by atoms with Gasteiger partial charge in [0.1, 0.15) is 12.4 Å². The van der Waals surface area contributed by atoms with Gasteiger partial charge in [0.25, 0.3) is 0 Å². The van der Waals surface area contributed by atoms with E-state index in [0.29, 0.717) is 18.4 Å². The van der Waals surface area contributed by atoms with Crippen molar-refractivity contribution in [3.05, 3.63) is 29.6 Å². The summed E-state index contributed by atoms with van der Waals surface area (Å²) >= 11 is 0. The van der Waals surface area contributed by atoms with E-state index in [0.717, 1.165) is 4.90 Å². The van der Waals surface area contributed by atoms with Gasteiger partial charge in [0.2, 0.25) is 0 Å². The van der Waals surface area contributed by atoms with Crippen molar-refractivity contribution in [2.24, 2.45) is 5.73 Å². The first-order valence-electron chi connectivity index (χ1n) is 6.63. The molecule has 1 atom stereocenters. The summed E-state index contributed by atoms with van der Waals surface area (Å²) in [4.78, 5) is 1.01. The number of benzene rings is 1. The topological polar surface area (TPSA) is 29.3 Å². The maximum atomic E-state index is 14.0. The molecule has 0 radical (unpaired) electrons. The average molecular weight is 292 g/mol. The number of halogens is 4. The third-order valence-electron chi connectivity index (χ3n) is 3.14. The molecule has 114 valence electrons. The Labute approximate surface area is 116 Å². The number of nitrogens with zero attached hydrogens (tertiary/aromatic N) is 1. The zero-order chi connectivity index (χ0) is 15.3. The molecular formula is C14H20F4N2. The molecule has 0 saturated carbocycles. The van der Waals surface area contributed by atoms with Crippen LogP contribution in [0.25, 0.3) is 0 Å². The van der Waals surface area contributed by atoms with Crippen molar-refractivity contribution in [1.29, 1.82) is 0 Å². The van der Waals surface area contributed by atoms with Crippen LogP contribution in [0.5, 0.6) is 0 Å². The number of hydrogen-bond donors (Lipinski definition) is 1. The van der Waals surface area contributed by atoms with Gasteiger partial charge in [0, 0.05) is 12.6 Å². The SMILES string of the molecule is CCC(N)Cc1cccc(F)c1N(CC)CC(F)(F)F. The highest BCUT2D eigenvalue weighted by molar-refractivity contribution is 5.55. The Morgan fingerprint density at radius 2 is 1.90 bits per heavy atom. The molecule has 0 saturated heterocycles. The van der Waals surface area contributed by atoms with Crippen LogP contribution >= 0.6 is 0 Å². The van der Waals surface area contributed by atoms with Crippen molar-refractivity contribution in [3.63, 3.8) is 0 Å². The molecule has 0 aliphatic heterocycles. The van der Waals surface area contributed by atoms with E-state index < -0.39 is 18.5 Å². The van der Waals surface area contributed by atoms with Gasteiger partial charge in [-0.25, -0.2) is 4.39 Å². The van der Waals surface area contributed by atoms with E-state index in [1.807, 2.05) is 6.92 Å². The lowest BCUT2D eigenvalue weighted by molar-refractivity contribution is -0.119. The minimum atomic E-state index is -4.37. The number of para-hydroxylation sites is 1. The van der Waals surface area contributed by atoms with E-state index in [-0.39, 0.29) is 18.3 Å². The van der Waals surface area contributed by atoms with Crippen molar-refractivity contribution >= 4 is 5.69 Å². The molecule has 0 aliphatic carbocycles. The predicted molar refractivity (Wildman–Crippen MR) is 72.3 cm³/mol. The van der Waals surface area contributed by atoms with Gasteiger partial charge in [-0.15, -0.1) is 0 Å². The second-order valence-corrected chi connectivity index (χ2v) is 4.75. The van der Waals surface area contributed by atoms with Crippen LogP contribution in [-0.2, 0) is 6.42 Å². The van der Waals surface area contributed by atoms with Gasteiger partial charge in [0.15, 0.2) is 0 Å². The van der Waals surface area contributed by atoms with Crippen LogP contribution in [-0.4, -0.2) is 25.3 Å². The van der Waals surface area contributed by atoms with E-state index in [2.05, 4.69) is 0 Å². The fraction of sp³-hybridized carbons (Fsp3) is 0.571. The molecule has 2 nitrogen and oxygen atoms in total. The first-order valence-corrected chi connectivity index (χ1v) is 6.63. The van der Waals surface area contributed by atoms with Crippen molar-refractivity contribution in [1.82, 2.24) is 0 Å². The lowest BCUT2D eigenvalue weighted by Crippen LogP contribution is -2.36. The normalized spacial score (nSPS) is 13.3. The number of nitrogens with two attached hydrogens (primary N) is 1. The molecular weight excluding hydrogens is 272 g/mol. The van der Waals surface area contributed by atoms with Gasteiger partial charge in [-0.05, 0) is 31.4 Å². The van der Waals surface area contributed by atoms with Gasteiger partial charge in [-0.3, -0.25) is 0 Å². The summed E-state index contributed by atoms with van der Waals surface area (Å²) in [5.41, 5.74) is 6.36. The van der Waals surface area contributed by atoms with Gasteiger partial charge in [0.05, 0.1) is 5.69 Å². The Morgan fingerprint density at radius 1 is 1.25 bits per heavy atom. The summed E-state index contributed by atoms with van der Waals surface area (Å²) in [5.74, 6) is -0.642. The highest BCUT2D eigenvalue weighted by Crippen LogP contribution is 2.29. The van der Waals surface area contributed by atoms with E-state index in [4.69, 9.17) is 5.73 Å². The van der Waals surface area contributed by atoms with E-state index in [1.54, 1.807) is 13.0 Å². The highest BCUT2D eigenvalue weighted by Gasteiger charge is 2.32. The molecule has 0 spiro atoms. The summed E-state index contributed by atoms with van der Waals surface area (Å²) in [5, 5.41) is 0. The minimum absolute atomic E-state index is 0.0104. The van der Waals surface area contributed by atoms with Crippen molar-refractivity contribution in [3.8, 4) is 0 Å². The molecule has 1 unspecified atom stereocenters. The Bertz CT molecular complexity index is 432. The molecule has 0 fully saturated rings. The fourth-order valence-electron chi connectivity index (χ4n) is 2.07. The second-order valence-electron chi connectivity index (χ2n) is 4.75. The lowest BCUT2D eigenvalue weighted by Gasteiger charge is -2.27. The number of anilines is 1. The summed E-state index contributed by atoms with van der Waals surface area (Å²) in [6.45, 7) is 2.37. The summed E-state index contributed by atoms with van der Waals surface area (Å²) in [6, 6.07) is 4.11. The third kappa shape index (κ3) is 4.67. The van der Waals surface area contributed by atoms with Crippen LogP contribution in [0, 0.1) is 5.82 Å². The van der Waals surface area contributed by atoms with Crippen LogP contribution in [0.2, 0.25) is 0 Å². The molecule has 0 heterocycles. The zero-order valence-corrected chi connectivity index (χ0v) is 11.7. The Morgan fingerprint density at radius 3 is 2.40 bits per heavy atom. The average Bonchev–Trinajstić information content (AvgIpc) is 2.35. The Hall–Kier alpha value is -1.30. The van der Waals surface area contributed by atoms with Crippen LogP contribution in [0.3, 0.4) is 0 Å². The maximum Gasteiger partial charge on any atom is 0.405 e. The summed E-state index contributed by atoms with van der Waals surface area (Å²) in [7, 11) is 0. The van der Waals surface area contributed by atoms with Gasteiger partial charge in [-0.2, -0.15) is 13.2 Å². The van der Waals surface area contributed by atoms with Crippen LogP contribution < -0.4 is 10.6 Å². The molecule has 0 aromatic heterocycles. The molecule has 0 aliphatic rings. The van der Waals surface area contributed by atoms with Crippen molar-refractivity contribution in [2.75, 3.05) is 18.0 Å². The molecule has 0 amide bonds. The molecule has 1 aromatic carbocycles. The minimum Gasteiger partial charge on any atom is -0.360 e. The lowest BCUT2D eigenvalue weighted by atomic mass is 10.0. The van der Waals surface area contributed by atoms with Crippen molar-refractivity contribution < 1.29 is 17.6 Å². The molecule has 20 heavy (non-hydrogen) atoms. The van der Waals surface area contributed by atoms with Gasteiger partial charge >= 0.3 is 6.18 Å². The Kier molecular flexibility index (Phi) is 5.80. The molecule has 1 aromatic rings. The standard InChI is InChI=1S/C14H20F4N2/c1-3-11(19)8-10-6-5-7-12(15)13(10)20(4-2)9-14(16,17)18/h5-7,11H,3-4,8-9,19H2,1-2H3. The smallest absolute Gasteiger partial charge is 0.360 e. The number of hydrogen-bond acceptors (Lipinski definition) is 2. The number of rotatable bonds is 6. The second kappa shape index (κ2) is 6.92. The van der Waals surface area contributed by atoms with Crippen molar-refractivity contribution in [2.45, 2.75) is 38.9 Å². The van der Waals surface area contributed by atoms with E-state index >= 15 is 0 Å². The summed E-state index contributed by atoms with van der Waals surface area (Å²) < 4.78 is 51.7. The van der Waals surface area contributed by atoms with E-state index in [9.17, 15) is 17.6 Å². The number of alkyl halides is 3. The quantitative estimate of drug-likeness (QED) is 0.813. The molecule has 0 bridgehead atoms. The first kappa shape index (κ1) is 16.8. The third-order valence-corrected chi connectivity index (χ3v) is 3.14. The summed E-state index contributed by atoms with van der Waals surface area (Å²) in [6.07, 6.45) is -3.33. The Balaban J connectivity index is 3.12. The van der Waals surface area contributed by atoms with Crippen LogP contribution in [0.15, 0.2) is 18.2 Å². The van der Waals surface area contributed by atoms with Crippen LogP contribution in [0.1, 0.15) is 25.8 Å². The first-order chi connectivity index (χ1) is 9.28. The highest BCUT2D eigenvalue weighted by atomic mass is 19.4. The maximum absolute atomic E-state index is 14.0. The fourth-order valence-corrected chi connectivity index (χ4v) is 2.07. The zero-order valence-electron chi connectivity index (χ0n) is 11.7. The van der Waals surface area contributed by atoms with Gasteiger partial charge in [-0.1, -0.05) is 19.1 Å².